The number of nitrogens with one attached hydrogen (secondary N) is 1. The molecule has 2 rings (SSSR count). The monoisotopic (exact) mass is 285 g/mol. The van der Waals surface area contributed by atoms with Gasteiger partial charge < -0.3 is 14.5 Å². The Morgan fingerprint density at radius 2 is 2.05 bits per heavy atom. The Bertz CT molecular complexity index is 606. The van der Waals surface area contributed by atoms with E-state index in [1.54, 1.807) is 0 Å². The number of benzene rings is 1. The molecule has 2 aromatic rings. The second-order valence-electron chi connectivity index (χ2n) is 4.87. The summed E-state index contributed by atoms with van der Waals surface area (Å²) < 4.78 is 10.8. The van der Waals surface area contributed by atoms with Gasteiger partial charge in [0.15, 0.2) is 6.61 Å². The number of nitriles is 1. The van der Waals surface area contributed by atoms with Gasteiger partial charge in [-0.2, -0.15) is 5.26 Å². The zero-order chi connectivity index (χ0) is 15.2. The van der Waals surface area contributed by atoms with Gasteiger partial charge in [-0.25, -0.2) is 4.98 Å². The summed E-state index contributed by atoms with van der Waals surface area (Å²) in [5, 5.41) is 11.8. The number of hydrogen-bond donors (Lipinski definition) is 1. The Hall–Kier alpha value is -2.32. The summed E-state index contributed by atoms with van der Waals surface area (Å²) in [6, 6.07) is 9.81. The van der Waals surface area contributed by atoms with E-state index in [9.17, 15) is 0 Å². The van der Waals surface area contributed by atoms with Crippen molar-refractivity contribution in [2.24, 2.45) is 0 Å². The maximum absolute atomic E-state index is 8.47. The molecule has 1 heterocycles. The standard InChI is InChI=1S/C16H19N3O2/c1-11-13(3)21-16(19-11)10-18-12(2)14-4-6-15(7-5-14)20-9-8-17/h4-7,12,18H,9-10H2,1-3H3. The van der Waals surface area contributed by atoms with E-state index in [1.807, 2.05) is 44.2 Å². The van der Waals surface area contributed by atoms with Gasteiger partial charge in [0.25, 0.3) is 0 Å². The Labute approximate surface area is 124 Å². The first kappa shape index (κ1) is 15.1. The van der Waals surface area contributed by atoms with E-state index >= 15 is 0 Å². The highest BCUT2D eigenvalue weighted by Crippen LogP contribution is 2.18. The molecule has 1 N–H and O–H groups in total. The minimum atomic E-state index is 0.0655. The third-order valence-corrected chi connectivity index (χ3v) is 3.32. The molecule has 0 spiro atoms. The molecule has 0 aliphatic carbocycles. The summed E-state index contributed by atoms with van der Waals surface area (Å²) in [5.74, 6) is 2.26. The minimum Gasteiger partial charge on any atom is -0.479 e. The fourth-order valence-electron chi connectivity index (χ4n) is 1.94. The van der Waals surface area contributed by atoms with Crippen molar-refractivity contribution in [2.45, 2.75) is 33.4 Å². The molecule has 0 saturated carbocycles. The average Bonchev–Trinajstić information content (AvgIpc) is 2.82. The van der Waals surface area contributed by atoms with Gasteiger partial charge in [-0.05, 0) is 38.5 Å². The topological polar surface area (TPSA) is 71.1 Å². The lowest BCUT2D eigenvalue weighted by Crippen LogP contribution is -2.18. The second kappa shape index (κ2) is 6.91. The highest BCUT2D eigenvalue weighted by Gasteiger charge is 2.09. The van der Waals surface area contributed by atoms with Crippen LogP contribution in [0.4, 0.5) is 0 Å². The zero-order valence-electron chi connectivity index (χ0n) is 12.5. The summed E-state index contributed by atoms with van der Waals surface area (Å²) in [7, 11) is 0. The molecule has 0 aliphatic rings. The van der Waals surface area contributed by atoms with Crippen molar-refractivity contribution in [3.63, 3.8) is 0 Å². The molecule has 0 bridgehead atoms. The number of hydrogen-bond acceptors (Lipinski definition) is 5. The second-order valence-corrected chi connectivity index (χ2v) is 4.87. The SMILES string of the molecule is Cc1nc(CNC(C)c2ccc(OCC#N)cc2)oc1C. The van der Waals surface area contributed by atoms with Crippen molar-refractivity contribution >= 4 is 0 Å². The molecule has 1 aromatic carbocycles. The van der Waals surface area contributed by atoms with E-state index in [4.69, 9.17) is 14.4 Å². The molecule has 1 atom stereocenters. The molecule has 0 aliphatic heterocycles. The predicted molar refractivity (Wildman–Crippen MR) is 78.8 cm³/mol. The van der Waals surface area contributed by atoms with E-state index in [2.05, 4.69) is 17.2 Å². The molecular weight excluding hydrogens is 266 g/mol. The molecule has 5 heteroatoms. The lowest BCUT2D eigenvalue weighted by atomic mass is 10.1. The maximum Gasteiger partial charge on any atom is 0.208 e. The lowest BCUT2D eigenvalue weighted by Gasteiger charge is -2.13. The van der Waals surface area contributed by atoms with Crippen molar-refractivity contribution in [1.82, 2.24) is 10.3 Å². The van der Waals surface area contributed by atoms with Crippen LogP contribution in [-0.2, 0) is 6.54 Å². The minimum absolute atomic E-state index is 0.0655. The van der Waals surface area contributed by atoms with E-state index in [-0.39, 0.29) is 12.6 Å². The summed E-state index contributed by atoms with van der Waals surface area (Å²) in [4.78, 5) is 4.34. The molecular formula is C16H19N3O2. The fourth-order valence-corrected chi connectivity index (χ4v) is 1.94. The van der Waals surface area contributed by atoms with Gasteiger partial charge in [0, 0.05) is 6.04 Å². The average molecular weight is 285 g/mol. The molecule has 0 amide bonds. The summed E-state index contributed by atoms with van der Waals surface area (Å²) in [6.07, 6.45) is 0. The van der Waals surface area contributed by atoms with E-state index < -0.39 is 0 Å². The number of ether oxygens (including phenoxy) is 1. The number of aryl methyl sites for hydroxylation is 2. The van der Waals surface area contributed by atoms with Crippen LogP contribution in [0.3, 0.4) is 0 Å². The van der Waals surface area contributed by atoms with E-state index in [0.29, 0.717) is 18.2 Å². The fraction of sp³-hybridized carbons (Fsp3) is 0.375. The van der Waals surface area contributed by atoms with Crippen molar-refractivity contribution in [3.05, 3.63) is 47.2 Å². The van der Waals surface area contributed by atoms with Gasteiger partial charge in [0.1, 0.15) is 17.6 Å². The van der Waals surface area contributed by atoms with Gasteiger partial charge in [-0.1, -0.05) is 12.1 Å². The molecule has 21 heavy (non-hydrogen) atoms. The summed E-state index contributed by atoms with van der Waals surface area (Å²) >= 11 is 0. The van der Waals surface area contributed by atoms with Gasteiger partial charge in [0.05, 0.1) is 12.2 Å². The molecule has 0 saturated heterocycles. The van der Waals surface area contributed by atoms with Crippen LogP contribution in [0, 0.1) is 25.2 Å². The van der Waals surface area contributed by atoms with Crippen LogP contribution in [0.2, 0.25) is 0 Å². The van der Waals surface area contributed by atoms with Crippen molar-refractivity contribution in [1.29, 1.82) is 5.26 Å². The van der Waals surface area contributed by atoms with Gasteiger partial charge in [0.2, 0.25) is 5.89 Å². The van der Waals surface area contributed by atoms with E-state index in [0.717, 1.165) is 17.0 Å². The Morgan fingerprint density at radius 3 is 2.62 bits per heavy atom. The summed E-state index contributed by atoms with van der Waals surface area (Å²) in [6.45, 7) is 6.58. The van der Waals surface area contributed by atoms with E-state index in [1.165, 1.54) is 0 Å². The molecule has 1 unspecified atom stereocenters. The quantitative estimate of drug-likeness (QED) is 0.883. The van der Waals surface area contributed by atoms with Crippen molar-refractivity contribution < 1.29 is 9.15 Å². The molecule has 110 valence electrons. The van der Waals surface area contributed by atoms with Crippen LogP contribution in [0.5, 0.6) is 5.75 Å². The normalized spacial score (nSPS) is 11.9. The molecule has 0 radical (unpaired) electrons. The number of aromatic nitrogens is 1. The highest BCUT2D eigenvalue weighted by atomic mass is 16.5. The van der Waals surface area contributed by atoms with Crippen molar-refractivity contribution in [3.8, 4) is 11.8 Å². The predicted octanol–water partition coefficient (Wildman–Crippen LogP) is 3.04. The van der Waals surface area contributed by atoms with Gasteiger partial charge >= 0.3 is 0 Å². The third-order valence-electron chi connectivity index (χ3n) is 3.32. The first-order chi connectivity index (χ1) is 10.1. The first-order valence-electron chi connectivity index (χ1n) is 6.86. The molecule has 1 aromatic heterocycles. The van der Waals surface area contributed by atoms with Crippen LogP contribution in [0.25, 0.3) is 0 Å². The van der Waals surface area contributed by atoms with Gasteiger partial charge in [-0.3, -0.25) is 0 Å². The Kier molecular flexibility index (Phi) is 4.96. The number of nitrogens with zero attached hydrogens (tertiary/aromatic N) is 2. The number of oxazole rings is 1. The maximum atomic E-state index is 8.47. The largest absolute Gasteiger partial charge is 0.479 e. The summed E-state index contributed by atoms with van der Waals surface area (Å²) in [5.41, 5.74) is 2.07. The van der Waals surface area contributed by atoms with Crippen molar-refractivity contribution in [2.75, 3.05) is 6.61 Å². The zero-order valence-corrected chi connectivity index (χ0v) is 12.5. The Balaban J connectivity index is 1.90. The lowest BCUT2D eigenvalue weighted by molar-refractivity contribution is 0.368. The van der Waals surface area contributed by atoms with Crippen LogP contribution in [-0.4, -0.2) is 11.6 Å². The Morgan fingerprint density at radius 1 is 1.33 bits per heavy atom. The van der Waals surface area contributed by atoms with Crippen LogP contribution >= 0.6 is 0 Å². The van der Waals surface area contributed by atoms with Gasteiger partial charge in [-0.15, -0.1) is 0 Å². The van der Waals surface area contributed by atoms with Crippen LogP contribution in [0.1, 0.15) is 35.9 Å². The first-order valence-corrected chi connectivity index (χ1v) is 6.86. The highest BCUT2D eigenvalue weighted by molar-refractivity contribution is 5.29. The third kappa shape index (κ3) is 4.07. The molecule has 0 fully saturated rings. The number of rotatable bonds is 6. The smallest absolute Gasteiger partial charge is 0.208 e. The van der Waals surface area contributed by atoms with Crippen LogP contribution in [0.15, 0.2) is 28.7 Å². The van der Waals surface area contributed by atoms with Crippen LogP contribution < -0.4 is 10.1 Å². The molecule has 5 nitrogen and oxygen atoms in total.